The van der Waals surface area contributed by atoms with E-state index in [4.69, 9.17) is 4.74 Å². The average Bonchev–Trinajstić information content (AvgIpc) is 2.55. The van der Waals surface area contributed by atoms with Crippen molar-refractivity contribution >= 4 is 16.9 Å². The lowest BCUT2D eigenvalue weighted by Crippen LogP contribution is -2.18. The van der Waals surface area contributed by atoms with Gasteiger partial charge >= 0.3 is 5.97 Å². The molecule has 0 radical (unpaired) electrons. The Morgan fingerprint density at radius 1 is 1.13 bits per heavy atom. The van der Waals surface area contributed by atoms with Crippen LogP contribution in [-0.4, -0.2) is 15.9 Å². The van der Waals surface area contributed by atoms with E-state index < -0.39 is 6.10 Å². The predicted molar refractivity (Wildman–Crippen MR) is 87.0 cm³/mol. The summed E-state index contributed by atoms with van der Waals surface area (Å²) in [6.07, 6.45) is -0.438. The molecule has 1 heterocycles. The van der Waals surface area contributed by atoms with E-state index in [1.807, 2.05) is 36.4 Å². The van der Waals surface area contributed by atoms with Gasteiger partial charge in [0.1, 0.15) is 0 Å². The Morgan fingerprint density at radius 3 is 2.61 bits per heavy atom. The molecule has 0 bridgehead atoms. The molecule has 0 unspecified atom stereocenters. The van der Waals surface area contributed by atoms with Crippen LogP contribution in [0.1, 0.15) is 24.4 Å². The fraction of sp³-hybridized carbons (Fsp3) is 0.167. The van der Waals surface area contributed by atoms with Crippen LogP contribution in [0, 0.1) is 0 Å². The number of aromatic nitrogens is 2. The second-order valence-corrected chi connectivity index (χ2v) is 5.26. The highest BCUT2D eigenvalue weighted by molar-refractivity contribution is 5.77. The van der Waals surface area contributed by atoms with Crippen LogP contribution < -0.4 is 5.56 Å². The van der Waals surface area contributed by atoms with Gasteiger partial charge in [0.2, 0.25) is 0 Å². The van der Waals surface area contributed by atoms with Crippen molar-refractivity contribution in [1.82, 2.24) is 9.97 Å². The first-order chi connectivity index (χ1) is 11.1. The SMILES string of the molecule is C[C@H](OC(=O)Cc1ccccc1)c1nc2ccccc2c(=O)[nH]1. The van der Waals surface area contributed by atoms with Gasteiger partial charge in [-0.3, -0.25) is 9.59 Å². The third-order valence-corrected chi connectivity index (χ3v) is 3.52. The number of hydrogen-bond donors (Lipinski definition) is 1. The van der Waals surface area contributed by atoms with Crippen LogP contribution in [0.15, 0.2) is 59.4 Å². The van der Waals surface area contributed by atoms with E-state index in [1.165, 1.54) is 0 Å². The first-order valence-corrected chi connectivity index (χ1v) is 7.36. The van der Waals surface area contributed by atoms with Crippen LogP contribution >= 0.6 is 0 Å². The Morgan fingerprint density at radius 2 is 1.83 bits per heavy atom. The fourth-order valence-corrected chi connectivity index (χ4v) is 2.35. The minimum atomic E-state index is -0.622. The quantitative estimate of drug-likeness (QED) is 0.752. The largest absolute Gasteiger partial charge is 0.454 e. The first kappa shape index (κ1) is 15.0. The fourth-order valence-electron chi connectivity index (χ4n) is 2.35. The van der Waals surface area contributed by atoms with Gasteiger partial charge in [-0.05, 0) is 24.6 Å². The molecule has 1 atom stereocenters. The van der Waals surface area contributed by atoms with Crippen LogP contribution in [-0.2, 0) is 16.0 Å². The van der Waals surface area contributed by atoms with E-state index in [0.717, 1.165) is 5.56 Å². The number of carbonyl (C=O) groups is 1. The predicted octanol–water partition coefficient (Wildman–Crippen LogP) is 2.77. The first-order valence-electron chi connectivity index (χ1n) is 7.36. The number of benzene rings is 2. The number of esters is 1. The molecule has 0 aliphatic carbocycles. The van der Waals surface area contributed by atoms with E-state index in [0.29, 0.717) is 16.7 Å². The summed E-state index contributed by atoms with van der Waals surface area (Å²) >= 11 is 0. The number of fused-ring (bicyclic) bond motifs is 1. The second kappa shape index (κ2) is 6.44. The van der Waals surface area contributed by atoms with Crippen molar-refractivity contribution in [2.24, 2.45) is 0 Å². The van der Waals surface area contributed by atoms with Gasteiger partial charge in [-0.1, -0.05) is 42.5 Å². The molecule has 0 aliphatic rings. The van der Waals surface area contributed by atoms with Gasteiger partial charge in [0, 0.05) is 0 Å². The molecule has 1 N–H and O–H groups in total. The van der Waals surface area contributed by atoms with Crippen molar-refractivity contribution in [1.29, 1.82) is 0 Å². The lowest BCUT2D eigenvalue weighted by atomic mass is 10.1. The van der Waals surface area contributed by atoms with Gasteiger partial charge in [-0.15, -0.1) is 0 Å². The van der Waals surface area contributed by atoms with E-state index in [9.17, 15) is 9.59 Å². The summed E-state index contributed by atoms with van der Waals surface area (Å²) in [6.45, 7) is 1.69. The van der Waals surface area contributed by atoms with Crippen molar-refractivity contribution in [3.8, 4) is 0 Å². The zero-order chi connectivity index (χ0) is 16.2. The number of nitrogens with one attached hydrogen (secondary N) is 1. The third-order valence-electron chi connectivity index (χ3n) is 3.52. The van der Waals surface area contributed by atoms with Gasteiger partial charge in [-0.25, -0.2) is 4.98 Å². The van der Waals surface area contributed by atoms with Crippen LogP contribution in [0.2, 0.25) is 0 Å². The molecule has 2 aromatic carbocycles. The van der Waals surface area contributed by atoms with Crippen molar-refractivity contribution in [2.45, 2.75) is 19.4 Å². The minimum Gasteiger partial charge on any atom is -0.454 e. The molecule has 0 saturated heterocycles. The zero-order valence-electron chi connectivity index (χ0n) is 12.7. The van der Waals surface area contributed by atoms with E-state index in [-0.39, 0.29) is 17.9 Å². The molecule has 23 heavy (non-hydrogen) atoms. The number of rotatable bonds is 4. The highest BCUT2D eigenvalue weighted by Gasteiger charge is 2.15. The zero-order valence-corrected chi connectivity index (χ0v) is 12.7. The molecule has 0 aliphatic heterocycles. The summed E-state index contributed by atoms with van der Waals surface area (Å²) < 4.78 is 5.37. The molecule has 5 heteroatoms. The number of aromatic amines is 1. The highest BCUT2D eigenvalue weighted by atomic mass is 16.5. The smallest absolute Gasteiger partial charge is 0.310 e. The Balaban J connectivity index is 1.76. The Bertz CT molecular complexity index is 887. The highest BCUT2D eigenvalue weighted by Crippen LogP contribution is 2.15. The van der Waals surface area contributed by atoms with Crippen LogP contribution in [0.5, 0.6) is 0 Å². The van der Waals surface area contributed by atoms with Crippen molar-refractivity contribution in [3.63, 3.8) is 0 Å². The standard InChI is InChI=1S/C18H16N2O3/c1-12(23-16(21)11-13-7-3-2-4-8-13)17-19-15-10-6-5-9-14(15)18(22)20-17/h2-10,12H,11H2,1H3,(H,19,20,22)/t12-/m0/s1. The third kappa shape index (κ3) is 3.45. The summed E-state index contributed by atoms with van der Waals surface area (Å²) in [5.41, 5.74) is 1.22. The molecule has 116 valence electrons. The lowest BCUT2D eigenvalue weighted by molar-refractivity contribution is -0.148. The van der Waals surface area contributed by atoms with Crippen LogP contribution in [0.3, 0.4) is 0 Å². The van der Waals surface area contributed by atoms with Crippen molar-refractivity contribution in [3.05, 3.63) is 76.3 Å². The van der Waals surface area contributed by atoms with Crippen molar-refractivity contribution < 1.29 is 9.53 Å². The Hall–Kier alpha value is -2.95. The van der Waals surface area contributed by atoms with E-state index in [1.54, 1.807) is 25.1 Å². The van der Waals surface area contributed by atoms with Gasteiger partial charge in [0.15, 0.2) is 11.9 Å². The molecule has 3 rings (SSSR count). The number of hydrogen-bond acceptors (Lipinski definition) is 4. The minimum absolute atomic E-state index is 0.184. The summed E-state index contributed by atoms with van der Waals surface area (Å²) in [5, 5.41) is 0.513. The molecule has 1 aromatic heterocycles. The summed E-state index contributed by atoms with van der Waals surface area (Å²) in [4.78, 5) is 31.1. The lowest BCUT2D eigenvalue weighted by Gasteiger charge is -2.13. The van der Waals surface area contributed by atoms with Gasteiger partial charge < -0.3 is 9.72 Å². The Labute approximate surface area is 133 Å². The molecule has 0 spiro atoms. The monoisotopic (exact) mass is 308 g/mol. The molecular weight excluding hydrogens is 292 g/mol. The molecule has 0 fully saturated rings. The maximum atomic E-state index is 12.0. The van der Waals surface area contributed by atoms with Crippen LogP contribution in [0.4, 0.5) is 0 Å². The number of carbonyl (C=O) groups excluding carboxylic acids is 1. The topological polar surface area (TPSA) is 72.0 Å². The van der Waals surface area contributed by atoms with Gasteiger partial charge in [-0.2, -0.15) is 0 Å². The maximum absolute atomic E-state index is 12.0. The normalized spacial score (nSPS) is 12.0. The molecule has 3 aromatic rings. The van der Waals surface area contributed by atoms with Crippen LogP contribution in [0.25, 0.3) is 10.9 Å². The van der Waals surface area contributed by atoms with Crippen molar-refractivity contribution in [2.75, 3.05) is 0 Å². The number of H-pyrrole nitrogens is 1. The number of ether oxygens (including phenoxy) is 1. The maximum Gasteiger partial charge on any atom is 0.310 e. The molecular formula is C18H16N2O3. The Kier molecular flexibility index (Phi) is 4.19. The average molecular weight is 308 g/mol. The summed E-state index contributed by atoms with van der Waals surface area (Å²) in [5.74, 6) is -0.0189. The molecule has 0 amide bonds. The van der Waals surface area contributed by atoms with Gasteiger partial charge in [0.05, 0.1) is 17.3 Å². The van der Waals surface area contributed by atoms with E-state index in [2.05, 4.69) is 9.97 Å². The second-order valence-electron chi connectivity index (χ2n) is 5.26. The number of nitrogens with zero attached hydrogens (tertiary/aromatic N) is 1. The molecule has 5 nitrogen and oxygen atoms in total. The summed E-state index contributed by atoms with van der Waals surface area (Å²) in [7, 11) is 0. The van der Waals surface area contributed by atoms with E-state index >= 15 is 0 Å². The summed E-state index contributed by atoms with van der Waals surface area (Å²) in [6, 6.07) is 16.4. The van der Waals surface area contributed by atoms with Gasteiger partial charge in [0.25, 0.3) is 5.56 Å². The number of para-hydroxylation sites is 1. The molecule has 0 saturated carbocycles.